The van der Waals surface area contributed by atoms with Gasteiger partial charge in [-0.1, -0.05) is 66.0 Å². The number of nitrogens with one attached hydrogen (secondary N) is 1. The number of benzene rings is 1. The van der Waals surface area contributed by atoms with Crippen LogP contribution < -0.4 is 5.32 Å². The fraction of sp³-hybridized carbons (Fsp3) is 0.273. The van der Waals surface area contributed by atoms with Crippen LogP contribution in [0.5, 0.6) is 0 Å². The van der Waals surface area contributed by atoms with E-state index < -0.39 is 8.18 Å². The van der Waals surface area contributed by atoms with Crippen molar-refractivity contribution in [3.8, 4) is 0 Å². The van der Waals surface area contributed by atoms with Crippen LogP contribution in [0.4, 0.5) is 0 Å². The van der Waals surface area contributed by atoms with Crippen molar-refractivity contribution in [3.05, 3.63) is 35.9 Å². The van der Waals surface area contributed by atoms with Crippen molar-refractivity contribution in [1.29, 1.82) is 0 Å². The molecular weight excluding hydrogens is 418 g/mol. The largest absolute Gasteiger partial charge is 0.339 e. The van der Waals surface area contributed by atoms with Gasteiger partial charge < -0.3 is 5.32 Å². The van der Waals surface area contributed by atoms with Crippen LogP contribution in [0.25, 0.3) is 0 Å². The van der Waals surface area contributed by atoms with Gasteiger partial charge in [0.25, 0.3) is 5.91 Å². The summed E-state index contributed by atoms with van der Waals surface area (Å²) in [5, 5.41) is 2.64. The van der Waals surface area contributed by atoms with E-state index in [1.165, 1.54) is 6.92 Å². The van der Waals surface area contributed by atoms with Gasteiger partial charge in [-0.25, -0.2) is 0 Å². The summed E-state index contributed by atoms with van der Waals surface area (Å²) < 4.78 is -0.844. The van der Waals surface area contributed by atoms with Gasteiger partial charge in [-0.05, 0) is 19.1 Å². The second kappa shape index (κ2) is 6.11. The topological polar surface area (TPSA) is 46.2 Å². The van der Waals surface area contributed by atoms with Crippen molar-refractivity contribution >= 4 is 59.5 Å². The molecule has 17 heavy (non-hydrogen) atoms. The number of alkyl halides is 3. The molecule has 0 saturated heterocycles. The highest BCUT2D eigenvalue weighted by Gasteiger charge is 2.35. The Morgan fingerprint density at radius 3 is 2.12 bits per heavy atom. The van der Waals surface area contributed by atoms with Crippen LogP contribution in [-0.4, -0.2) is 19.9 Å². The molecule has 0 aromatic heterocycles. The summed E-state index contributed by atoms with van der Waals surface area (Å²) in [5.74, 6) is -0.464. The normalized spacial score (nSPS) is 12.9. The molecule has 1 N–H and O–H groups in total. The maximum atomic E-state index is 11.9. The molecule has 3 nitrogen and oxygen atoms in total. The Balaban J connectivity index is 2.83. The molecule has 0 heterocycles. The zero-order valence-electron chi connectivity index (χ0n) is 8.91. The summed E-state index contributed by atoms with van der Waals surface area (Å²) in [4.78, 5) is 23.3. The highest BCUT2D eigenvalue weighted by atomic mass is 80.0. The third-order valence-electron chi connectivity index (χ3n) is 2.05. The van der Waals surface area contributed by atoms with Crippen molar-refractivity contribution in [2.24, 2.45) is 0 Å². The zero-order valence-corrected chi connectivity index (χ0v) is 13.7. The summed E-state index contributed by atoms with van der Waals surface area (Å²) in [7, 11) is 0. The SMILES string of the molecule is CC(=O)C(NC(=O)c1ccccc1)C(Br)(Br)Br. The Morgan fingerprint density at radius 2 is 1.71 bits per heavy atom. The van der Waals surface area contributed by atoms with Gasteiger partial charge >= 0.3 is 0 Å². The lowest BCUT2D eigenvalue weighted by molar-refractivity contribution is -0.118. The monoisotopic (exact) mass is 425 g/mol. The van der Waals surface area contributed by atoms with Crippen LogP contribution >= 0.6 is 47.8 Å². The molecule has 1 atom stereocenters. The molecule has 0 saturated carbocycles. The Kier molecular flexibility index (Phi) is 5.34. The predicted octanol–water partition coefficient (Wildman–Crippen LogP) is 3.21. The number of hydrogen-bond donors (Lipinski definition) is 1. The minimum atomic E-state index is -0.844. The maximum Gasteiger partial charge on any atom is 0.251 e. The predicted molar refractivity (Wildman–Crippen MR) is 77.9 cm³/mol. The Morgan fingerprint density at radius 1 is 1.18 bits per heavy atom. The second-order valence-corrected chi connectivity index (χ2v) is 10.4. The van der Waals surface area contributed by atoms with Crippen molar-refractivity contribution in [3.63, 3.8) is 0 Å². The first-order chi connectivity index (χ1) is 7.82. The number of rotatable bonds is 3. The van der Waals surface area contributed by atoms with Crippen LogP contribution in [0.2, 0.25) is 0 Å². The molecule has 0 aliphatic rings. The number of carbonyl (C=O) groups excluding carboxylic acids is 2. The van der Waals surface area contributed by atoms with Crippen molar-refractivity contribution < 1.29 is 9.59 Å². The quantitative estimate of drug-likeness (QED) is 0.753. The zero-order chi connectivity index (χ0) is 13.1. The summed E-state index contributed by atoms with van der Waals surface area (Å²) in [6.07, 6.45) is 0. The summed E-state index contributed by atoms with van der Waals surface area (Å²) >= 11 is 9.73. The third kappa shape index (κ3) is 4.52. The molecule has 0 fully saturated rings. The molecule has 0 bridgehead atoms. The van der Waals surface area contributed by atoms with Gasteiger partial charge in [0.05, 0.1) is 0 Å². The molecule has 0 aliphatic heterocycles. The first-order valence-corrected chi connectivity index (χ1v) is 7.13. The molecule has 0 aliphatic carbocycles. The van der Waals surface area contributed by atoms with Gasteiger partial charge in [-0.2, -0.15) is 0 Å². The van der Waals surface area contributed by atoms with E-state index in [9.17, 15) is 9.59 Å². The van der Waals surface area contributed by atoms with E-state index in [2.05, 4.69) is 53.1 Å². The average Bonchev–Trinajstić information content (AvgIpc) is 2.24. The number of amides is 1. The molecule has 1 rings (SSSR count). The molecule has 0 radical (unpaired) electrons. The minimum absolute atomic E-state index is 0.167. The molecule has 1 unspecified atom stereocenters. The molecule has 6 heteroatoms. The Hall–Kier alpha value is -0.200. The highest BCUT2D eigenvalue weighted by molar-refractivity contribution is 9.39. The fourth-order valence-electron chi connectivity index (χ4n) is 1.22. The van der Waals surface area contributed by atoms with Crippen molar-refractivity contribution in [2.45, 2.75) is 15.1 Å². The van der Waals surface area contributed by atoms with E-state index >= 15 is 0 Å². The van der Waals surface area contributed by atoms with Gasteiger partial charge in [0.2, 0.25) is 0 Å². The fourth-order valence-corrected chi connectivity index (χ4v) is 2.53. The molecule has 92 valence electrons. The number of halogens is 3. The van der Waals surface area contributed by atoms with E-state index in [0.717, 1.165) is 0 Å². The molecule has 1 aromatic carbocycles. The lowest BCUT2D eigenvalue weighted by Gasteiger charge is -2.24. The summed E-state index contributed by atoms with van der Waals surface area (Å²) in [6.45, 7) is 1.41. The van der Waals surface area contributed by atoms with Crippen LogP contribution in [0.3, 0.4) is 0 Å². The van der Waals surface area contributed by atoms with Gasteiger partial charge in [-0.3, -0.25) is 9.59 Å². The van der Waals surface area contributed by atoms with Crippen molar-refractivity contribution in [2.75, 3.05) is 0 Å². The smallest absolute Gasteiger partial charge is 0.251 e. The highest BCUT2D eigenvalue weighted by Crippen LogP contribution is 2.37. The van der Waals surface area contributed by atoms with E-state index in [-0.39, 0.29) is 11.7 Å². The third-order valence-corrected chi connectivity index (χ3v) is 3.42. The van der Waals surface area contributed by atoms with Gasteiger partial charge in [0.15, 0.2) is 7.93 Å². The van der Waals surface area contributed by atoms with E-state index in [0.29, 0.717) is 5.56 Å². The summed E-state index contributed by atoms with van der Waals surface area (Å²) in [5.41, 5.74) is 0.510. The minimum Gasteiger partial charge on any atom is -0.339 e. The number of hydrogen-bond acceptors (Lipinski definition) is 2. The van der Waals surface area contributed by atoms with E-state index in [1.54, 1.807) is 24.3 Å². The van der Waals surface area contributed by atoms with Gasteiger partial charge in [0.1, 0.15) is 6.04 Å². The van der Waals surface area contributed by atoms with E-state index in [1.807, 2.05) is 6.07 Å². The maximum absolute atomic E-state index is 11.9. The van der Waals surface area contributed by atoms with Crippen LogP contribution in [-0.2, 0) is 4.79 Å². The van der Waals surface area contributed by atoms with Crippen molar-refractivity contribution in [1.82, 2.24) is 5.32 Å². The van der Waals surface area contributed by atoms with Crippen LogP contribution in [0, 0.1) is 0 Å². The molecule has 1 aromatic rings. The lowest BCUT2D eigenvalue weighted by Crippen LogP contribution is -2.47. The molecular formula is C11H10Br3NO2. The first kappa shape index (κ1) is 14.9. The number of ketones is 1. The first-order valence-electron chi connectivity index (χ1n) is 4.75. The lowest BCUT2D eigenvalue weighted by atomic mass is 10.2. The Labute approximate surface area is 125 Å². The van der Waals surface area contributed by atoms with Gasteiger partial charge in [-0.15, -0.1) is 0 Å². The number of Topliss-reactive ketones (excluding diaryl/α,β-unsaturated/α-hetero) is 1. The van der Waals surface area contributed by atoms with Crippen LogP contribution in [0.1, 0.15) is 17.3 Å². The van der Waals surface area contributed by atoms with Gasteiger partial charge in [0, 0.05) is 5.56 Å². The molecule has 1 amide bonds. The average molecular weight is 428 g/mol. The molecule has 0 spiro atoms. The second-order valence-electron chi connectivity index (χ2n) is 3.42. The van der Waals surface area contributed by atoms with E-state index in [4.69, 9.17) is 0 Å². The standard InChI is InChI=1S/C11H10Br3NO2/c1-7(16)9(11(12,13)14)15-10(17)8-5-3-2-4-6-8/h2-6,9H,1H3,(H,15,17). The van der Waals surface area contributed by atoms with Crippen LogP contribution in [0.15, 0.2) is 30.3 Å². The summed E-state index contributed by atoms with van der Waals surface area (Å²) in [6, 6.07) is 8.01. The Bertz CT molecular complexity index is 414. The number of carbonyl (C=O) groups is 2.